The molecule has 1 atom stereocenters. The van der Waals surface area contributed by atoms with Crippen molar-refractivity contribution < 1.29 is 14.3 Å². The number of rotatable bonds is 7. The van der Waals surface area contributed by atoms with Gasteiger partial charge in [0.25, 0.3) is 5.91 Å². The summed E-state index contributed by atoms with van der Waals surface area (Å²) in [6.45, 7) is 8.65. The topological polar surface area (TPSA) is 58.6 Å². The minimum Gasteiger partial charge on any atom is -0.497 e. The molecule has 128 valence electrons. The monoisotopic (exact) mass is 320 g/mol. The molecule has 0 fully saturated rings. The summed E-state index contributed by atoms with van der Waals surface area (Å²) < 4.78 is 5.08. The van der Waals surface area contributed by atoms with Crippen LogP contribution < -0.4 is 10.1 Å². The number of methoxy groups -OCH3 is 1. The predicted octanol–water partition coefficient (Wildman–Crippen LogP) is 2.56. The number of nitrogens with one attached hydrogen (secondary N) is 1. The van der Waals surface area contributed by atoms with Gasteiger partial charge in [0.15, 0.2) is 0 Å². The van der Waals surface area contributed by atoms with E-state index in [-0.39, 0.29) is 17.7 Å². The van der Waals surface area contributed by atoms with Crippen LogP contribution in [0.4, 0.5) is 0 Å². The Morgan fingerprint density at radius 3 is 2.13 bits per heavy atom. The predicted molar refractivity (Wildman–Crippen MR) is 91.6 cm³/mol. The van der Waals surface area contributed by atoms with E-state index in [0.717, 1.165) is 0 Å². The lowest BCUT2D eigenvalue weighted by atomic mass is 10.0. The third-order valence-corrected chi connectivity index (χ3v) is 3.59. The molecular formula is C18H28N2O3. The molecule has 0 saturated heterocycles. The average molecular weight is 320 g/mol. The average Bonchev–Trinajstić information content (AvgIpc) is 2.50. The van der Waals surface area contributed by atoms with Gasteiger partial charge in [-0.1, -0.05) is 27.7 Å². The Bertz CT molecular complexity index is 524. The number of hydrogen-bond donors (Lipinski definition) is 1. The highest BCUT2D eigenvalue weighted by atomic mass is 16.5. The van der Waals surface area contributed by atoms with Gasteiger partial charge < -0.3 is 15.0 Å². The van der Waals surface area contributed by atoms with Crippen LogP contribution in [0.2, 0.25) is 0 Å². The number of likely N-dealkylation sites (N-methyl/N-ethyl adjacent to an activating group) is 1. The summed E-state index contributed by atoms with van der Waals surface area (Å²) in [6.07, 6.45) is 0. The molecule has 2 amide bonds. The van der Waals surface area contributed by atoms with Crippen LogP contribution in [0.5, 0.6) is 5.75 Å². The summed E-state index contributed by atoms with van der Waals surface area (Å²) in [5, 5.41) is 2.85. The molecule has 23 heavy (non-hydrogen) atoms. The van der Waals surface area contributed by atoms with E-state index in [1.807, 2.05) is 13.8 Å². The molecule has 0 heterocycles. The summed E-state index contributed by atoms with van der Waals surface area (Å²) >= 11 is 0. The molecule has 0 radical (unpaired) electrons. The summed E-state index contributed by atoms with van der Waals surface area (Å²) in [4.78, 5) is 26.6. The molecule has 1 unspecified atom stereocenters. The second-order valence-corrected chi connectivity index (χ2v) is 6.54. The van der Waals surface area contributed by atoms with E-state index < -0.39 is 6.04 Å². The number of benzene rings is 1. The van der Waals surface area contributed by atoms with Crippen LogP contribution in [0.3, 0.4) is 0 Å². The zero-order valence-corrected chi connectivity index (χ0v) is 14.9. The SMILES string of the molecule is COc1ccc(C(=O)NC(C(=O)N(C)CC(C)C)C(C)C)cc1. The van der Waals surface area contributed by atoms with E-state index in [9.17, 15) is 9.59 Å². The lowest BCUT2D eigenvalue weighted by Gasteiger charge is -2.28. The highest BCUT2D eigenvalue weighted by Gasteiger charge is 2.27. The maximum absolute atomic E-state index is 12.6. The fraction of sp³-hybridized carbons (Fsp3) is 0.556. The summed E-state index contributed by atoms with van der Waals surface area (Å²) in [6, 6.07) is 6.30. The molecule has 0 spiro atoms. The Kier molecular flexibility index (Phi) is 7.07. The molecule has 0 aliphatic heterocycles. The smallest absolute Gasteiger partial charge is 0.251 e. The van der Waals surface area contributed by atoms with Gasteiger partial charge in [0, 0.05) is 19.2 Å². The van der Waals surface area contributed by atoms with Crippen LogP contribution in [-0.2, 0) is 4.79 Å². The van der Waals surface area contributed by atoms with Crippen molar-refractivity contribution in [3.05, 3.63) is 29.8 Å². The van der Waals surface area contributed by atoms with Crippen LogP contribution in [0, 0.1) is 11.8 Å². The van der Waals surface area contributed by atoms with Gasteiger partial charge in [-0.25, -0.2) is 0 Å². The van der Waals surface area contributed by atoms with Crippen molar-refractivity contribution >= 4 is 11.8 Å². The van der Waals surface area contributed by atoms with Gasteiger partial charge in [-0.15, -0.1) is 0 Å². The maximum Gasteiger partial charge on any atom is 0.251 e. The normalized spacial score (nSPS) is 12.2. The van der Waals surface area contributed by atoms with Crippen molar-refractivity contribution in [2.75, 3.05) is 20.7 Å². The zero-order valence-electron chi connectivity index (χ0n) is 14.9. The first-order valence-corrected chi connectivity index (χ1v) is 7.96. The fourth-order valence-corrected chi connectivity index (χ4v) is 2.36. The molecule has 0 aliphatic rings. The van der Waals surface area contributed by atoms with Crippen molar-refractivity contribution in [1.82, 2.24) is 10.2 Å². The zero-order chi connectivity index (χ0) is 17.6. The minimum atomic E-state index is -0.534. The Morgan fingerprint density at radius 2 is 1.70 bits per heavy atom. The highest BCUT2D eigenvalue weighted by Crippen LogP contribution is 2.13. The number of amides is 2. The highest BCUT2D eigenvalue weighted by molar-refractivity contribution is 5.97. The quantitative estimate of drug-likeness (QED) is 0.840. The van der Waals surface area contributed by atoms with E-state index in [0.29, 0.717) is 23.8 Å². The van der Waals surface area contributed by atoms with Crippen LogP contribution >= 0.6 is 0 Å². The first-order chi connectivity index (χ1) is 10.8. The molecule has 5 heteroatoms. The molecule has 5 nitrogen and oxygen atoms in total. The van der Waals surface area contributed by atoms with Crippen LogP contribution in [0.15, 0.2) is 24.3 Å². The molecule has 1 N–H and O–H groups in total. The lowest BCUT2D eigenvalue weighted by molar-refractivity contribution is -0.133. The van der Waals surface area contributed by atoms with Gasteiger partial charge in [-0.2, -0.15) is 0 Å². The van der Waals surface area contributed by atoms with Crippen molar-refractivity contribution in [3.63, 3.8) is 0 Å². The Morgan fingerprint density at radius 1 is 1.13 bits per heavy atom. The first-order valence-electron chi connectivity index (χ1n) is 7.96. The largest absolute Gasteiger partial charge is 0.497 e. The van der Waals surface area contributed by atoms with Gasteiger partial charge in [0.1, 0.15) is 11.8 Å². The van der Waals surface area contributed by atoms with E-state index in [4.69, 9.17) is 4.74 Å². The molecule has 1 aromatic rings. The summed E-state index contributed by atoms with van der Waals surface area (Å²) in [7, 11) is 3.35. The van der Waals surface area contributed by atoms with Crippen LogP contribution in [-0.4, -0.2) is 43.5 Å². The Balaban J connectivity index is 2.81. The lowest BCUT2D eigenvalue weighted by Crippen LogP contribution is -2.50. The van der Waals surface area contributed by atoms with Crippen molar-refractivity contribution in [2.24, 2.45) is 11.8 Å². The summed E-state index contributed by atoms with van der Waals surface area (Å²) in [5.41, 5.74) is 0.510. The molecule has 1 aromatic carbocycles. The van der Waals surface area contributed by atoms with Crippen LogP contribution in [0.1, 0.15) is 38.1 Å². The van der Waals surface area contributed by atoms with E-state index in [1.54, 1.807) is 43.3 Å². The number of carbonyl (C=O) groups excluding carboxylic acids is 2. The molecule has 1 rings (SSSR count). The second-order valence-electron chi connectivity index (χ2n) is 6.54. The van der Waals surface area contributed by atoms with Crippen molar-refractivity contribution in [2.45, 2.75) is 33.7 Å². The number of hydrogen-bond acceptors (Lipinski definition) is 3. The van der Waals surface area contributed by atoms with E-state index in [2.05, 4.69) is 19.2 Å². The third kappa shape index (κ3) is 5.58. The molecule has 0 bridgehead atoms. The molecule has 0 saturated carbocycles. The molecular weight excluding hydrogens is 292 g/mol. The first kappa shape index (κ1) is 19.0. The van der Waals surface area contributed by atoms with Crippen molar-refractivity contribution in [1.29, 1.82) is 0 Å². The van der Waals surface area contributed by atoms with Gasteiger partial charge in [-0.3, -0.25) is 9.59 Å². The van der Waals surface area contributed by atoms with Gasteiger partial charge in [0.05, 0.1) is 7.11 Å². The van der Waals surface area contributed by atoms with Crippen molar-refractivity contribution in [3.8, 4) is 5.75 Å². The Labute approximate surface area is 139 Å². The third-order valence-electron chi connectivity index (χ3n) is 3.59. The standard InChI is InChI=1S/C18H28N2O3/c1-12(2)11-20(5)18(22)16(13(3)4)19-17(21)14-7-9-15(23-6)10-8-14/h7-10,12-13,16H,11H2,1-6H3,(H,19,21). The van der Waals surface area contributed by atoms with Gasteiger partial charge in [-0.05, 0) is 36.1 Å². The van der Waals surface area contributed by atoms with E-state index >= 15 is 0 Å². The number of carbonyl (C=O) groups is 2. The van der Waals surface area contributed by atoms with Gasteiger partial charge in [0.2, 0.25) is 5.91 Å². The molecule has 0 aromatic heterocycles. The number of nitrogens with zero attached hydrogens (tertiary/aromatic N) is 1. The Hall–Kier alpha value is -2.04. The fourth-order valence-electron chi connectivity index (χ4n) is 2.36. The minimum absolute atomic E-state index is 0.0133. The van der Waals surface area contributed by atoms with E-state index in [1.165, 1.54) is 0 Å². The molecule has 0 aliphatic carbocycles. The number of ether oxygens (including phenoxy) is 1. The maximum atomic E-state index is 12.6. The van der Waals surface area contributed by atoms with Crippen LogP contribution in [0.25, 0.3) is 0 Å². The van der Waals surface area contributed by atoms with Gasteiger partial charge >= 0.3 is 0 Å². The second kappa shape index (κ2) is 8.56. The summed E-state index contributed by atoms with van der Waals surface area (Å²) in [5.74, 6) is 0.774.